The lowest BCUT2D eigenvalue weighted by Crippen LogP contribution is -2.47. The molecule has 1 atom stereocenters. The lowest BCUT2D eigenvalue weighted by atomic mass is 10.2. The molecule has 0 radical (unpaired) electrons. The van der Waals surface area contributed by atoms with Crippen LogP contribution in [-0.4, -0.2) is 43.6 Å². The molecule has 1 saturated heterocycles. The molecule has 0 bridgehead atoms. The number of halogens is 1. The van der Waals surface area contributed by atoms with Gasteiger partial charge in [0.05, 0.1) is 11.2 Å². The number of hydrogen-bond donors (Lipinski definition) is 2. The van der Waals surface area contributed by atoms with Gasteiger partial charge >= 0.3 is 0 Å². The van der Waals surface area contributed by atoms with Crippen molar-refractivity contribution >= 4 is 57.8 Å². The predicted octanol–water partition coefficient (Wildman–Crippen LogP) is 3.01. The SMILES string of the molecule is C[C@H](C(=O)NCCc1cnc[nH]1)N1C(=O)/C(=C/c2ccccc2Cl)SC1=S. The molecule has 0 unspecified atom stereocenters. The highest BCUT2D eigenvalue weighted by Crippen LogP contribution is 2.34. The molecule has 1 aliphatic rings. The summed E-state index contributed by atoms with van der Waals surface area (Å²) in [6.07, 6.45) is 5.62. The Morgan fingerprint density at radius 3 is 2.96 bits per heavy atom. The van der Waals surface area contributed by atoms with Crippen LogP contribution in [0.15, 0.2) is 41.7 Å². The quantitative estimate of drug-likeness (QED) is 0.554. The summed E-state index contributed by atoms with van der Waals surface area (Å²) in [5.41, 5.74) is 1.66. The Hall–Kier alpha value is -2.16. The first kappa shape index (κ1) is 19.6. The molecule has 6 nitrogen and oxygen atoms in total. The number of carbonyl (C=O) groups is 2. The van der Waals surface area contributed by atoms with Gasteiger partial charge in [0.15, 0.2) is 0 Å². The van der Waals surface area contributed by atoms with Gasteiger partial charge in [0.2, 0.25) is 5.91 Å². The first-order chi connectivity index (χ1) is 13.0. The highest BCUT2D eigenvalue weighted by atomic mass is 35.5. The van der Waals surface area contributed by atoms with Crippen molar-refractivity contribution in [2.75, 3.05) is 6.54 Å². The Morgan fingerprint density at radius 1 is 1.48 bits per heavy atom. The third-order valence-corrected chi connectivity index (χ3v) is 5.71. The van der Waals surface area contributed by atoms with Gasteiger partial charge in [0.1, 0.15) is 10.4 Å². The monoisotopic (exact) mass is 420 g/mol. The van der Waals surface area contributed by atoms with Gasteiger partial charge in [-0.2, -0.15) is 0 Å². The number of H-pyrrole nitrogens is 1. The number of hydrogen-bond acceptors (Lipinski definition) is 5. The number of nitrogens with zero attached hydrogens (tertiary/aromatic N) is 2. The van der Waals surface area contributed by atoms with Crippen LogP contribution in [0.25, 0.3) is 6.08 Å². The summed E-state index contributed by atoms with van der Waals surface area (Å²) in [6, 6.07) is 6.54. The lowest BCUT2D eigenvalue weighted by Gasteiger charge is -2.22. The van der Waals surface area contributed by atoms with Crippen LogP contribution in [0.3, 0.4) is 0 Å². The normalized spacial score (nSPS) is 16.8. The van der Waals surface area contributed by atoms with Gasteiger partial charge in [-0.3, -0.25) is 14.5 Å². The first-order valence-electron chi connectivity index (χ1n) is 8.24. The summed E-state index contributed by atoms with van der Waals surface area (Å²) in [7, 11) is 0. The Morgan fingerprint density at radius 2 is 2.26 bits per heavy atom. The van der Waals surface area contributed by atoms with E-state index >= 15 is 0 Å². The Balaban J connectivity index is 1.65. The molecule has 3 rings (SSSR count). The average molecular weight is 421 g/mol. The van der Waals surface area contributed by atoms with Gasteiger partial charge in [0, 0.05) is 29.9 Å². The zero-order valence-electron chi connectivity index (χ0n) is 14.4. The highest BCUT2D eigenvalue weighted by molar-refractivity contribution is 8.26. The number of thioether (sulfide) groups is 1. The molecule has 0 aliphatic carbocycles. The minimum Gasteiger partial charge on any atom is -0.354 e. The van der Waals surface area contributed by atoms with Crippen molar-refractivity contribution < 1.29 is 9.59 Å². The van der Waals surface area contributed by atoms with E-state index in [9.17, 15) is 9.59 Å². The van der Waals surface area contributed by atoms with Crippen LogP contribution >= 0.6 is 35.6 Å². The van der Waals surface area contributed by atoms with Crippen LogP contribution < -0.4 is 5.32 Å². The number of aromatic amines is 1. The molecule has 27 heavy (non-hydrogen) atoms. The molecule has 2 heterocycles. The Bertz CT molecular complexity index is 899. The summed E-state index contributed by atoms with van der Waals surface area (Å²) >= 11 is 12.6. The predicted molar refractivity (Wildman–Crippen MR) is 111 cm³/mol. The molecule has 140 valence electrons. The van der Waals surface area contributed by atoms with Gasteiger partial charge < -0.3 is 10.3 Å². The molecule has 2 amide bonds. The van der Waals surface area contributed by atoms with Crippen molar-refractivity contribution in [2.45, 2.75) is 19.4 Å². The molecule has 2 N–H and O–H groups in total. The van der Waals surface area contributed by atoms with Crippen LogP contribution in [-0.2, 0) is 16.0 Å². The molecular formula is C18H17ClN4O2S2. The van der Waals surface area contributed by atoms with E-state index in [1.807, 2.05) is 18.2 Å². The number of thiocarbonyl (C=S) groups is 1. The third-order valence-electron chi connectivity index (χ3n) is 4.03. The molecule has 2 aromatic rings. The van der Waals surface area contributed by atoms with Gasteiger partial charge in [-0.15, -0.1) is 0 Å². The molecule has 1 aromatic carbocycles. The maximum atomic E-state index is 12.8. The fourth-order valence-electron chi connectivity index (χ4n) is 2.55. The van der Waals surface area contributed by atoms with Crippen LogP contribution in [0, 0.1) is 0 Å². The van der Waals surface area contributed by atoms with Crippen molar-refractivity contribution in [3.8, 4) is 0 Å². The molecule has 1 aromatic heterocycles. The maximum absolute atomic E-state index is 12.8. The summed E-state index contributed by atoms with van der Waals surface area (Å²) in [6.45, 7) is 2.10. The summed E-state index contributed by atoms with van der Waals surface area (Å²) in [5, 5.41) is 3.37. The van der Waals surface area contributed by atoms with Crippen LogP contribution in [0.5, 0.6) is 0 Å². The van der Waals surface area contributed by atoms with Crippen molar-refractivity contribution in [3.63, 3.8) is 0 Å². The van der Waals surface area contributed by atoms with Crippen molar-refractivity contribution in [1.29, 1.82) is 0 Å². The minimum atomic E-state index is -0.698. The van der Waals surface area contributed by atoms with Crippen molar-refractivity contribution in [3.05, 3.63) is 58.0 Å². The van der Waals surface area contributed by atoms with Gasteiger partial charge in [-0.25, -0.2) is 4.98 Å². The zero-order valence-corrected chi connectivity index (χ0v) is 16.8. The Kier molecular flexibility index (Phi) is 6.30. The van der Waals surface area contributed by atoms with E-state index in [1.165, 1.54) is 16.7 Å². The zero-order chi connectivity index (χ0) is 19.4. The minimum absolute atomic E-state index is 0.259. The van der Waals surface area contributed by atoms with E-state index in [2.05, 4.69) is 15.3 Å². The Labute approximate surface area is 171 Å². The number of benzene rings is 1. The van der Waals surface area contributed by atoms with E-state index in [1.54, 1.807) is 31.6 Å². The summed E-state index contributed by atoms with van der Waals surface area (Å²) in [5.74, 6) is -0.550. The fourth-order valence-corrected chi connectivity index (χ4v) is 4.15. The second-order valence-electron chi connectivity index (χ2n) is 5.87. The summed E-state index contributed by atoms with van der Waals surface area (Å²) in [4.78, 5) is 33.9. The van der Waals surface area contributed by atoms with E-state index < -0.39 is 6.04 Å². The molecule has 0 spiro atoms. The van der Waals surface area contributed by atoms with Crippen molar-refractivity contribution in [2.24, 2.45) is 0 Å². The molecule has 0 saturated carbocycles. The maximum Gasteiger partial charge on any atom is 0.266 e. The van der Waals surface area contributed by atoms with Gasteiger partial charge in [0.25, 0.3) is 5.91 Å². The average Bonchev–Trinajstić information content (AvgIpc) is 3.25. The molecule has 1 aliphatic heterocycles. The molecule has 9 heteroatoms. The standard InChI is InChI=1S/C18H17ClN4O2S2/c1-11(16(24)21-7-6-13-9-20-10-22-13)23-17(25)15(27-18(23)26)8-12-4-2-3-5-14(12)19/h2-5,8-11H,6-7H2,1H3,(H,20,22)(H,21,24)/b15-8-/t11-/m1/s1. The number of aromatic nitrogens is 2. The molecular weight excluding hydrogens is 404 g/mol. The van der Waals surface area contributed by atoms with E-state index in [-0.39, 0.29) is 11.8 Å². The fraction of sp³-hybridized carbons (Fsp3) is 0.222. The molecule has 1 fully saturated rings. The van der Waals surface area contributed by atoms with Gasteiger partial charge in [-0.05, 0) is 24.6 Å². The number of imidazole rings is 1. The second kappa shape index (κ2) is 8.69. The van der Waals surface area contributed by atoms with Gasteiger partial charge in [-0.1, -0.05) is 53.8 Å². The lowest BCUT2D eigenvalue weighted by molar-refractivity contribution is -0.132. The second-order valence-corrected chi connectivity index (χ2v) is 7.95. The summed E-state index contributed by atoms with van der Waals surface area (Å²) < 4.78 is 0.356. The van der Waals surface area contributed by atoms with Crippen LogP contribution in [0.1, 0.15) is 18.2 Å². The number of nitrogens with one attached hydrogen (secondary N) is 2. The van der Waals surface area contributed by atoms with E-state index in [0.29, 0.717) is 27.2 Å². The number of carbonyl (C=O) groups excluding carboxylic acids is 2. The van der Waals surface area contributed by atoms with Crippen LogP contribution in [0.2, 0.25) is 5.02 Å². The number of amides is 2. The van der Waals surface area contributed by atoms with Crippen molar-refractivity contribution in [1.82, 2.24) is 20.2 Å². The number of rotatable bonds is 6. The van der Waals surface area contributed by atoms with E-state index in [4.69, 9.17) is 23.8 Å². The third kappa shape index (κ3) is 4.58. The highest BCUT2D eigenvalue weighted by Gasteiger charge is 2.38. The van der Waals surface area contributed by atoms with E-state index in [0.717, 1.165) is 11.3 Å². The first-order valence-corrected chi connectivity index (χ1v) is 9.84. The smallest absolute Gasteiger partial charge is 0.266 e. The van der Waals surface area contributed by atoms with Crippen LogP contribution in [0.4, 0.5) is 0 Å². The largest absolute Gasteiger partial charge is 0.354 e. The topological polar surface area (TPSA) is 78.1 Å².